The van der Waals surface area contributed by atoms with Gasteiger partial charge in [-0.1, -0.05) is 18.2 Å². The maximum atomic E-state index is 13.6. The highest BCUT2D eigenvalue weighted by molar-refractivity contribution is 6.12. The molecule has 2 amide bonds. The van der Waals surface area contributed by atoms with E-state index in [2.05, 4.69) is 10.3 Å². The van der Waals surface area contributed by atoms with Crippen LogP contribution in [-0.2, 0) is 11.3 Å². The number of benzene rings is 2. The number of halogens is 1. The third-order valence-corrected chi connectivity index (χ3v) is 5.48. The molecule has 1 aliphatic rings. The number of nitrogens with zero attached hydrogens (tertiary/aromatic N) is 2. The minimum Gasteiger partial charge on any atom is -0.368 e. The van der Waals surface area contributed by atoms with Crippen molar-refractivity contribution in [2.75, 3.05) is 11.9 Å². The first-order valence-corrected chi connectivity index (χ1v) is 9.92. The molecule has 3 N–H and O–H groups in total. The number of amides is 2. The Bertz CT molecular complexity index is 1130. The summed E-state index contributed by atoms with van der Waals surface area (Å²) in [6, 6.07) is 13.1. The first kappa shape index (κ1) is 20.0. The fourth-order valence-electron chi connectivity index (χ4n) is 4.05. The van der Waals surface area contributed by atoms with Gasteiger partial charge < -0.3 is 11.1 Å². The van der Waals surface area contributed by atoms with E-state index in [0.29, 0.717) is 34.4 Å². The number of fused-ring (bicyclic) bond motifs is 1. The lowest BCUT2D eigenvalue weighted by molar-refractivity contribution is -0.122. The van der Waals surface area contributed by atoms with Gasteiger partial charge in [0.15, 0.2) is 0 Å². The normalized spacial score (nSPS) is 16.7. The number of hydrogen-bond donors (Lipinski definition) is 2. The van der Waals surface area contributed by atoms with Gasteiger partial charge in [-0.2, -0.15) is 0 Å². The van der Waals surface area contributed by atoms with Crippen molar-refractivity contribution < 1.29 is 14.0 Å². The summed E-state index contributed by atoms with van der Waals surface area (Å²) in [4.78, 5) is 31.2. The quantitative estimate of drug-likeness (QED) is 0.680. The van der Waals surface area contributed by atoms with Crippen molar-refractivity contribution in [3.8, 4) is 0 Å². The molecule has 1 fully saturated rings. The van der Waals surface area contributed by atoms with Crippen LogP contribution in [0.25, 0.3) is 10.9 Å². The van der Waals surface area contributed by atoms with Gasteiger partial charge in [-0.15, -0.1) is 0 Å². The minimum atomic E-state index is -0.396. The lowest BCUT2D eigenvalue weighted by Crippen LogP contribution is -2.39. The molecule has 2 heterocycles. The summed E-state index contributed by atoms with van der Waals surface area (Å²) in [6.45, 7) is 3.08. The average molecular weight is 406 g/mol. The molecule has 30 heavy (non-hydrogen) atoms. The van der Waals surface area contributed by atoms with Crippen LogP contribution in [0.3, 0.4) is 0 Å². The van der Waals surface area contributed by atoms with E-state index in [0.717, 1.165) is 24.9 Å². The number of rotatable bonds is 5. The summed E-state index contributed by atoms with van der Waals surface area (Å²) in [6.07, 6.45) is 1.67. The topological polar surface area (TPSA) is 88.3 Å². The van der Waals surface area contributed by atoms with Gasteiger partial charge in [0.25, 0.3) is 5.91 Å². The van der Waals surface area contributed by atoms with Gasteiger partial charge in [0.2, 0.25) is 5.91 Å². The number of anilines is 1. The summed E-state index contributed by atoms with van der Waals surface area (Å²) in [5, 5.41) is 3.56. The molecule has 3 aromatic rings. The monoisotopic (exact) mass is 406 g/mol. The van der Waals surface area contributed by atoms with Crippen LogP contribution in [0, 0.1) is 12.7 Å². The number of likely N-dealkylation sites (tertiary alicyclic amines) is 1. The van der Waals surface area contributed by atoms with Gasteiger partial charge in [0.1, 0.15) is 5.82 Å². The Hall–Kier alpha value is -3.32. The molecular formula is C23H23FN4O2. The Labute approximate surface area is 173 Å². The Kier molecular flexibility index (Phi) is 5.46. The lowest BCUT2D eigenvalue weighted by atomic mass is 10.1. The van der Waals surface area contributed by atoms with E-state index in [9.17, 15) is 14.0 Å². The van der Waals surface area contributed by atoms with E-state index < -0.39 is 5.82 Å². The van der Waals surface area contributed by atoms with E-state index in [4.69, 9.17) is 5.73 Å². The first-order chi connectivity index (χ1) is 14.4. The van der Waals surface area contributed by atoms with Crippen molar-refractivity contribution in [1.29, 1.82) is 0 Å². The molecule has 4 rings (SSSR count). The SMILES string of the molecule is Cc1cc(C(=O)Nc2ccccc2CN2CCCC2C(N)=O)c2ccc(F)cc2n1. The molecule has 1 saturated heterocycles. The van der Waals surface area contributed by atoms with Crippen molar-refractivity contribution >= 4 is 28.4 Å². The van der Waals surface area contributed by atoms with Crippen LogP contribution in [0.2, 0.25) is 0 Å². The van der Waals surface area contributed by atoms with Crippen LogP contribution >= 0.6 is 0 Å². The number of aryl methyl sites for hydroxylation is 1. The highest BCUT2D eigenvalue weighted by Crippen LogP contribution is 2.25. The smallest absolute Gasteiger partial charge is 0.256 e. The highest BCUT2D eigenvalue weighted by atomic mass is 19.1. The predicted octanol–water partition coefficient (Wildman–Crippen LogP) is 3.38. The average Bonchev–Trinajstić information content (AvgIpc) is 3.17. The van der Waals surface area contributed by atoms with Crippen molar-refractivity contribution in [2.24, 2.45) is 5.73 Å². The molecule has 0 aliphatic carbocycles. The molecule has 0 saturated carbocycles. The number of carbonyl (C=O) groups is 2. The summed E-state index contributed by atoms with van der Waals surface area (Å²) < 4.78 is 13.6. The summed E-state index contributed by atoms with van der Waals surface area (Å²) in [5.74, 6) is -1.01. The van der Waals surface area contributed by atoms with Crippen LogP contribution in [0.15, 0.2) is 48.5 Å². The zero-order valence-electron chi connectivity index (χ0n) is 16.7. The Balaban J connectivity index is 1.62. The van der Waals surface area contributed by atoms with Crippen molar-refractivity contribution in [3.63, 3.8) is 0 Å². The Morgan fingerprint density at radius 2 is 2.03 bits per heavy atom. The number of primary amides is 1. The van der Waals surface area contributed by atoms with Crippen LogP contribution in [-0.4, -0.2) is 34.3 Å². The second-order valence-electron chi connectivity index (χ2n) is 7.61. The van der Waals surface area contributed by atoms with Crippen LogP contribution in [0.4, 0.5) is 10.1 Å². The molecule has 0 spiro atoms. The van der Waals surface area contributed by atoms with E-state index in [1.54, 1.807) is 19.1 Å². The van der Waals surface area contributed by atoms with E-state index in [-0.39, 0.29) is 17.9 Å². The van der Waals surface area contributed by atoms with Gasteiger partial charge in [0, 0.05) is 29.4 Å². The molecule has 0 bridgehead atoms. The second-order valence-corrected chi connectivity index (χ2v) is 7.61. The number of carbonyl (C=O) groups excluding carboxylic acids is 2. The zero-order chi connectivity index (χ0) is 21.3. The standard InChI is InChI=1S/C23H23FN4O2/c1-14-11-18(17-9-8-16(24)12-20(17)26-14)23(30)27-19-6-3-2-5-15(19)13-28-10-4-7-21(28)22(25)29/h2-3,5-6,8-9,11-12,21H,4,7,10,13H2,1H3,(H2,25,29)(H,27,30). The van der Waals surface area contributed by atoms with Crippen LogP contribution in [0.5, 0.6) is 0 Å². The highest BCUT2D eigenvalue weighted by Gasteiger charge is 2.29. The molecule has 1 aromatic heterocycles. The second kappa shape index (κ2) is 8.20. The molecule has 1 atom stereocenters. The summed E-state index contributed by atoms with van der Waals surface area (Å²) in [5.41, 5.74) is 8.61. The van der Waals surface area contributed by atoms with Crippen molar-refractivity contribution in [1.82, 2.24) is 9.88 Å². The van der Waals surface area contributed by atoms with Crippen molar-refractivity contribution in [3.05, 3.63) is 71.2 Å². The van der Waals surface area contributed by atoms with E-state index in [1.165, 1.54) is 12.1 Å². The molecule has 1 unspecified atom stereocenters. The Morgan fingerprint density at radius 1 is 1.23 bits per heavy atom. The maximum absolute atomic E-state index is 13.6. The molecule has 2 aromatic carbocycles. The van der Waals surface area contributed by atoms with Crippen LogP contribution < -0.4 is 11.1 Å². The molecule has 154 valence electrons. The number of pyridine rings is 1. The van der Waals surface area contributed by atoms with Gasteiger partial charge >= 0.3 is 0 Å². The van der Waals surface area contributed by atoms with E-state index >= 15 is 0 Å². The largest absolute Gasteiger partial charge is 0.368 e. The molecule has 0 radical (unpaired) electrons. The summed E-state index contributed by atoms with van der Waals surface area (Å²) >= 11 is 0. The first-order valence-electron chi connectivity index (χ1n) is 9.92. The van der Waals surface area contributed by atoms with Crippen molar-refractivity contribution in [2.45, 2.75) is 32.4 Å². The number of nitrogens with two attached hydrogens (primary N) is 1. The third-order valence-electron chi connectivity index (χ3n) is 5.48. The molecule has 7 heteroatoms. The fraction of sp³-hybridized carbons (Fsp3) is 0.261. The lowest BCUT2D eigenvalue weighted by Gasteiger charge is -2.23. The minimum absolute atomic E-state index is 0.282. The molecule has 1 aliphatic heterocycles. The van der Waals surface area contributed by atoms with Crippen LogP contribution in [0.1, 0.15) is 34.5 Å². The third kappa shape index (κ3) is 4.02. The fourth-order valence-corrected chi connectivity index (χ4v) is 4.05. The number of aromatic nitrogens is 1. The summed E-state index contributed by atoms with van der Waals surface area (Å²) in [7, 11) is 0. The van der Waals surface area contributed by atoms with Gasteiger partial charge in [-0.3, -0.25) is 19.5 Å². The number of para-hydroxylation sites is 1. The number of nitrogens with one attached hydrogen (secondary N) is 1. The van der Waals surface area contributed by atoms with Gasteiger partial charge in [0.05, 0.1) is 17.1 Å². The Morgan fingerprint density at radius 3 is 2.83 bits per heavy atom. The zero-order valence-corrected chi connectivity index (χ0v) is 16.7. The molecule has 6 nitrogen and oxygen atoms in total. The maximum Gasteiger partial charge on any atom is 0.256 e. The predicted molar refractivity (Wildman–Crippen MR) is 113 cm³/mol. The molecular weight excluding hydrogens is 383 g/mol. The van der Waals surface area contributed by atoms with Gasteiger partial charge in [-0.25, -0.2) is 4.39 Å². The number of hydrogen-bond acceptors (Lipinski definition) is 4. The van der Waals surface area contributed by atoms with E-state index in [1.807, 2.05) is 29.2 Å². The van der Waals surface area contributed by atoms with Gasteiger partial charge in [-0.05, 0) is 56.1 Å².